The molecule has 0 spiro atoms. The van der Waals surface area contributed by atoms with Gasteiger partial charge >= 0.3 is 0 Å². The maximum Gasteiger partial charge on any atom is 0.281 e. The van der Waals surface area contributed by atoms with Crippen LogP contribution in [0.5, 0.6) is 0 Å². The Morgan fingerprint density at radius 1 is 1.40 bits per heavy atom. The molecular formula is C12H15FN4O2S. The summed E-state index contributed by atoms with van der Waals surface area (Å²) in [6.07, 6.45) is 0. The van der Waals surface area contributed by atoms with Crippen molar-refractivity contribution < 1.29 is 12.8 Å². The lowest BCUT2D eigenvalue weighted by molar-refractivity contribution is 0.595. The van der Waals surface area contributed by atoms with Crippen molar-refractivity contribution in [1.29, 1.82) is 0 Å². The number of sulfonamides is 1. The van der Waals surface area contributed by atoms with Gasteiger partial charge in [-0.2, -0.15) is 13.5 Å². The minimum atomic E-state index is -3.86. The molecule has 0 aliphatic rings. The van der Waals surface area contributed by atoms with Crippen LogP contribution in [0.15, 0.2) is 23.2 Å². The van der Waals surface area contributed by atoms with Crippen LogP contribution < -0.4 is 10.5 Å². The van der Waals surface area contributed by atoms with Gasteiger partial charge in [0.25, 0.3) is 10.0 Å². The number of anilines is 1. The summed E-state index contributed by atoms with van der Waals surface area (Å²) in [5, 5.41) is 6.22. The van der Waals surface area contributed by atoms with Gasteiger partial charge < -0.3 is 5.73 Å². The normalized spacial score (nSPS) is 11.6. The average Bonchev–Trinajstić information content (AvgIpc) is 2.75. The Kier molecular flexibility index (Phi) is 3.78. The fourth-order valence-corrected chi connectivity index (χ4v) is 3.06. The number of hydrogen-bond donors (Lipinski definition) is 3. The lowest BCUT2D eigenvalue weighted by atomic mass is 10.2. The van der Waals surface area contributed by atoms with Gasteiger partial charge in [0.1, 0.15) is 5.82 Å². The molecule has 4 N–H and O–H groups in total. The number of benzene rings is 1. The number of aromatic nitrogens is 2. The molecule has 0 atom stereocenters. The van der Waals surface area contributed by atoms with E-state index in [1.807, 2.05) is 0 Å². The minimum Gasteiger partial charge on any atom is -0.326 e. The zero-order chi connectivity index (χ0) is 14.9. The molecule has 6 nitrogen and oxygen atoms in total. The van der Waals surface area contributed by atoms with Crippen LogP contribution in [0.25, 0.3) is 0 Å². The number of hydrogen-bond acceptors (Lipinski definition) is 4. The number of aryl methyl sites for hydroxylation is 2. The maximum absolute atomic E-state index is 13.2. The van der Waals surface area contributed by atoms with Gasteiger partial charge in [-0.15, -0.1) is 0 Å². The van der Waals surface area contributed by atoms with Crippen LogP contribution in [0.2, 0.25) is 0 Å². The summed E-state index contributed by atoms with van der Waals surface area (Å²) < 4.78 is 40.0. The van der Waals surface area contributed by atoms with Crippen molar-refractivity contribution in [2.24, 2.45) is 5.73 Å². The molecule has 2 aromatic rings. The second-order valence-electron chi connectivity index (χ2n) is 4.41. The highest BCUT2D eigenvalue weighted by Crippen LogP contribution is 2.21. The molecule has 8 heteroatoms. The number of H-pyrrole nitrogens is 1. The Hall–Kier alpha value is -1.93. The van der Waals surface area contributed by atoms with Gasteiger partial charge in [-0.05, 0) is 37.6 Å². The molecule has 1 aromatic heterocycles. The van der Waals surface area contributed by atoms with Crippen LogP contribution in [0, 0.1) is 19.7 Å². The Bertz CT molecular complexity index is 740. The summed E-state index contributed by atoms with van der Waals surface area (Å²) in [7, 11) is -3.86. The third-order valence-electron chi connectivity index (χ3n) is 2.90. The molecular weight excluding hydrogens is 283 g/mol. The highest BCUT2D eigenvalue weighted by molar-refractivity contribution is 7.92. The Morgan fingerprint density at radius 3 is 2.70 bits per heavy atom. The van der Waals surface area contributed by atoms with Gasteiger partial charge in [0.2, 0.25) is 5.03 Å². The Morgan fingerprint density at radius 2 is 2.10 bits per heavy atom. The van der Waals surface area contributed by atoms with Gasteiger partial charge in [0.15, 0.2) is 0 Å². The number of nitrogens with zero attached hydrogens (tertiary/aromatic N) is 1. The van der Waals surface area contributed by atoms with Crippen molar-refractivity contribution in [3.63, 3.8) is 0 Å². The van der Waals surface area contributed by atoms with Crippen LogP contribution in [-0.2, 0) is 16.6 Å². The molecule has 0 bridgehead atoms. The van der Waals surface area contributed by atoms with Crippen LogP contribution in [0.3, 0.4) is 0 Å². The Labute approximate surface area is 116 Å². The monoisotopic (exact) mass is 298 g/mol. The van der Waals surface area contributed by atoms with Crippen molar-refractivity contribution in [2.45, 2.75) is 25.4 Å². The van der Waals surface area contributed by atoms with Gasteiger partial charge in [0, 0.05) is 23.5 Å². The van der Waals surface area contributed by atoms with Gasteiger partial charge in [0.05, 0.1) is 0 Å². The van der Waals surface area contributed by atoms with E-state index in [0.717, 1.165) is 0 Å². The molecule has 1 aromatic carbocycles. The summed E-state index contributed by atoms with van der Waals surface area (Å²) in [5.74, 6) is -0.397. The first kappa shape index (κ1) is 14.5. The van der Waals surface area contributed by atoms with Gasteiger partial charge in [-0.3, -0.25) is 9.82 Å². The number of nitrogens with two attached hydrogens (primary N) is 1. The molecule has 0 saturated heterocycles. The van der Waals surface area contributed by atoms with Gasteiger partial charge in [-0.1, -0.05) is 0 Å². The van der Waals surface area contributed by atoms with E-state index in [1.54, 1.807) is 13.8 Å². The number of rotatable bonds is 4. The summed E-state index contributed by atoms with van der Waals surface area (Å²) in [4.78, 5) is 0. The molecule has 0 saturated carbocycles. The van der Waals surface area contributed by atoms with E-state index < -0.39 is 15.8 Å². The quantitative estimate of drug-likeness (QED) is 0.794. The van der Waals surface area contributed by atoms with E-state index >= 15 is 0 Å². The van der Waals surface area contributed by atoms with Crippen molar-refractivity contribution in [3.05, 3.63) is 40.8 Å². The van der Waals surface area contributed by atoms with Crippen molar-refractivity contribution >= 4 is 15.7 Å². The molecule has 20 heavy (non-hydrogen) atoms. The second-order valence-corrected chi connectivity index (χ2v) is 6.00. The number of aromatic amines is 1. The number of halogens is 1. The zero-order valence-electron chi connectivity index (χ0n) is 11.1. The number of nitrogens with one attached hydrogen (secondary N) is 2. The van der Waals surface area contributed by atoms with Crippen LogP contribution in [0.1, 0.15) is 16.8 Å². The van der Waals surface area contributed by atoms with E-state index in [-0.39, 0.29) is 17.3 Å². The highest BCUT2D eigenvalue weighted by Gasteiger charge is 2.23. The summed E-state index contributed by atoms with van der Waals surface area (Å²) >= 11 is 0. The van der Waals surface area contributed by atoms with E-state index in [2.05, 4.69) is 14.9 Å². The van der Waals surface area contributed by atoms with E-state index in [9.17, 15) is 12.8 Å². The SMILES string of the molecule is Cc1cc(NS(=O)(=O)c2n[nH]c(C)c2CN)ccc1F. The lowest BCUT2D eigenvalue weighted by Gasteiger charge is -2.08. The van der Waals surface area contributed by atoms with Crippen LogP contribution >= 0.6 is 0 Å². The van der Waals surface area contributed by atoms with E-state index in [4.69, 9.17) is 5.73 Å². The summed E-state index contributed by atoms with van der Waals surface area (Å²) in [6, 6.07) is 3.96. The maximum atomic E-state index is 13.2. The van der Waals surface area contributed by atoms with Crippen molar-refractivity contribution in [1.82, 2.24) is 10.2 Å². The first-order valence-corrected chi connectivity index (χ1v) is 7.36. The molecule has 0 amide bonds. The Balaban J connectivity index is 2.38. The predicted octanol–water partition coefficient (Wildman–Crippen LogP) is 1.43. The van der Waals surface area contributed by atoms with Crippen LogP contribution in [-0.4, -0.2) is 18.6 Å². The molecule has 0 aliphatic heterocycles. The third-order valence-corrected chi connectivity index (χ3v) is 4.26. The standard InChI is InChI=1S/C12H15FN4O2S/c1-7-5-9(3-4-11(7)13)17-20(18,19)12-10(6-14)8(2)15-16-12/h3-5,17H,6,14H2,1-2H3,(H,15,16). The highest BCUT2D eigenvalue weighted by atomic mass is 32.2. The van der Waals surface area contributed by atoms with Crippen molar-refractivity contribution in [3.8, 4) is 0 Å². The molecule has 0 unspecified atom stereocenters. The average molecular weight is 298 g/mol. The first-order chi connectivity index (χ1) is 9.35. The van der Waals surface area contributed by atoms with Crippen molar-refractivity contribution in [2.75, 3.05) is 4.72 Å². The van der Waals surface area contributed by atoms with Crippen LogP contribution in [0.4, 0.5) is 10.1 Å². The zero-order valence-corrected chi connectivity index (χ0v) is 11.9. The smallest absolute Gasteiger partial charge is 0.281 e. The summed E-state index contributed by atoms with van der Waals surface area (Å²) in [6.45, 7) is 3.30. The lowest BCUT2D eigenvalue weighted by Crippen LogP contribution is -2.16. The van der Waals surface area contributed by atoms with E-state index in [0.29, 0.717) is 16.8 Å². The van der Waals surface area contributed by atoms with E-state index in [1.165, 1.54) is 18.2 Å². The topological polar surface area (TPSA) is 101 Å². The third kappa shape index (κ3) is 2.66. The minimum absolute atomic E-state index is 0.0566. The second kappa shape index (κ2) is 5.22. The molecule has 1 heterocycles. The largest absolute Gasteiger partial charge is 0.326 e. The van der Waals surface area contributed by atoms with Gasteiger partial charge in [-0.25, -0.2) is 4.39 Å². The predicted molar refractivity (Wildman–Crippen MR) is 73.2 cm³/mol. The molecule has 0 fully saturated rings. The molecule has 2 rings (SSSR count). The fraction of sp³-hybridized carbons (Fsp3) is 0.250. The molecule has 108 valence electrons. The first-order valence-electron chi connectivity index (χ1n) is 5.88. The summed E-state index contributed by atoms with van der Waals surface area (Å²) in [5.41, 5.74) is 7.18. The molecule has 0 radical (unpaired) electrons. The fourth-order valence-electron chi connectivity index (χ4n) is 1.80. The molecule has 0 aliphatic carbocycles.